The number of rotatable bonds is 5. The molecule has 1 aliphatic heterocycles. The Balaban J connectivity index is 0.00000107. The minimum Gasteiger partial charge on any atom is -0.353 e. The van der Waals surface area contributed by atoms with Gasteiger partial charge in [-0.2, -0.15) is 13.2 Å². The molecular formula is C30H37F3N4O. The summed E-state index contributed by atoms with van der Waals surface area (Å²) in [6, 6.07) is 17.2. The van der Waals surface area contributed by atoms with Gasteiger partial charge in [-0.3, -0.25) is 4.79 Å². The van der Waals surface area contributed by atoms with Gasteiger partial charge in [0.1, 0.15) is 5.82 Å². The molecule has 2 atom stereocenters. The van der Waals surface area contributed by atoms with E-state index < -0.39 is 11.7 Å². The summed E-state index contributed by atoms with van der Waals surface area (Å²) in [6.45, 7) is 7.00. The normalized spacial score (nSPS) is 19.8. The maximum absolute atomic E-state index is 13.1. The van der Waals surface area contributed by atoms with Gasteiger partial charge >= 0.3 is 6.18 Å². The lowest BCUT2D eigenvalue weighted by Gasteiger charge is -2.36. The van der Waals surface area contributed by atoms with Crippen LogP contribution in [0.2, 0.25) is 0 Å². The van der Waals surface area contributed by atoms with Gasteiger partial charge in [0.05, 0.1) is 5.56 Å². The zero-order valence-electron chi connectivity index (χ0n) is 22.2. The fraction of sp³-hybridized carbons (Fsp3) is 0.467. The highest BCUT2D eigenvalue weighted by molar-refractivity contribution is 5.83. The maximum atomic E-state index is 13.1. The van der Waals surface area contributed by atoms with Crippen molar-refractivity contribution in [2.24, 2.45) is 5.92 Å². The van der Waals surface area contributed by atoms with Gasteiger partial charge in [-0.05, 0) is 53.8 Å². The van der Waals surface area contributed by atoms with Gasteiger partial charge in [0, 0.05) is 50.9 Å². The molecule has 2 unspecified atom stereocenters. The van der Waals surface area contributed by atoms with Crippen molar-refractivity contribution in [2.45, 2.75) is 58.3 Å². The minimum absolute atomic E-state index is 0.00216. The van der Waals surface area contributed by atoms with E-state index in [0.717, 1.165) is 37.9 Å². The molecule has 2 fully saturated rings. The van der Waals surface area contributed by atoms with E-state index in [0.29, 0.717) is 38.0 Å². The van der Waals surface area contributed by atoms with Crippen LogP contribution < -0.4 is 10.2 Å². The predicted octanol–water partition coefficient (Wildman–Crippen LogP) is 6.28. The third-order valence-electron chi connectivity index (χ3n) is 7.18. The van der Waals surface area contributed by atoms with Crippen molar-refractivity contribution in [2.75, 3.05) is 31.1 Å². The smallest absolute Gasteiger partial charge is 0.353 e. The molecule has 0 spiro atoms. The van der Waals surface area contributed by atoms with E-state index in [1.54, 1.807) is 0 Å². The Hall–Kier alpha value is -3.13. The van der Waals surface area contributed by atoms with Gasteiger partial charge < -0.3 is 15.1 Å². The highest BCUT2D eigenvalue weighted by Gasteiger charge is 2.35. The zero-order chi connectivity index (χ0) is 27.1. The first-order valence-corrected chi connectivity index (χ1v) is 13.6. The molecule has 5 rings (SSSR count). The highest BCUT2D eigenvalue weighted by atomic mass is 19.4. The number of fused-ring (bicyclic) bond motifs is 1. The van der Waals surface area contributed by atoms with Gasteiger partial charge in [0.25, 0.3) is 0 Å². The Morgan fingerprint density at radius 3 is 2.39 bits per heavy atom. The number of hydrogen-bond donors (Lipinski definition) is 1. The van der Waals surface area contributed by atoms with Gasteiger partial charge in [0.2, 0.25) is 5.91 Å². The lowest BCUT2D eigenvalue weighted by molar-refractivity contribution is -0.137. The molecule has 1 aromatic heterocycles. The molecule has 1 aliphatic carbocycles. The Bertz CT molecular complexity index is 1210. The standard InChI is InChI=1S/C27H29F3N4O.C3H8/c28-27(29,30)23-9-10-31-25(17-23)33-11-13-34(14-12-33)26(35)22-7-8-24(16-22)32-18-19-5-6-20-3-1-2-4-21(20)15-19;1-3-2/h1-6,9-10,15,17,22,24,32H,7-8,11-14,16,18H2;3H2,1-2H3. The van der Waals surface area contributed by atoms with Crippen LogP contribution in [-0.4, -0.2) is 48.0 Å². The van der Waals surface area contributed by atoms with Crippen LogP contribution in [0.5, 0.6) is 0 Å². The van der Waals surface area contributed by atoms with Crippen molar-refractivity contribution in [1.29, 1.82) is 0 Å². The second-order valence-electron chi connectivity index (χ2n) is 10.2. The van der Waals surface area contributed by atoms with E-state index in [1.807, 2.05) is 21.9 Å². The molecule has 1 saturated heterocycles. The van der Waals surface area contributed by atoms with Crippen molar-refractivity contribution >= 4 is 22.5 Å². The second kappa shape index (κ2) is 12.6. The first kappa shape index (κ1) is 27.9. The van der Waals surface area contributed by atoms with Gasteiger partial charge in [0.15, 0.2) is 0 Å². The summed E-state index contributed by atoms with van der Waals surface area (Å²) < 4.78 is 39.0. The lowest BCUT2D eigenvalue weighted by atomic mass is 10.0. The highest BCUT2D eigenvalue weighted by Crippen LogP contribution is 2.32. The van der Waals surface area contributed by atoms with Crippen molar-refractivity contribution in [3.8, 4) is 0 Å². The van der Waals surface area contributed by atoms with Crippen LogP contribution in [0.1, 0.15) is 50.7 Å². The van der Waals surface area contributed by atoms with Crippen LogP contribution in [-0.2, 0) is 17.5 Å². The number of piperazine rings is 1. The number of nitrogens with zero attached hydrogens (tertiary/aromatic N) is 3. The number of hydrogen-bond acceptors (Lipinski definition) is 4. The number of benzene rings is 2. The maximum Gasteiger partial charge on any atom is 0.416 e. The molecule has 2 aromatic carbocycles. The molecule has 2 aliphatic rings. The molecule has 38 heavy (non-hydrogen) atoms. The number of anilines is 1. The number of carbonyl (C=O) groups is 1. The summed E-state index contributed by atoms with van der Waals surface area (Å²) in [4.78, 5) is 20.9. The minimum atomic E-state index is -4.39. The van der Waals surface area contributed by atoms with Crippen molar-refractivity contribution in [1.82, 2.24) is 15.2 Å². The summed E-state index contributed by atoms with van der Waals surface area (Å²) in [5.74, 6) is 0.477. The summed E-state index contributed by atoms with van der Waals surface area (Å²) in [5, 5.41) is 6.07. The van der Waals surface area contributed by atoms with E-state index in [2.05, 4.69) is 54.5 Å². The molecule has 1 amide bonds. The molecule has 2 heterocycles. The number of amides is 1. The van der Waals surface area contributed by atoms with Gasteiger partial charge in [-0.1, -0.05) is 56.7 Å². The van der Waals surface area contributed by atoms with Crippen molar-refractivity contribution in [3.63, 3.8) is 0 Å². The molecule has 8 heteroatoms. The molecule has 0 bridgehead atoms. The fourth-order valence-corrected chi connectivity index (χ4v) is 5.18. The Kier molecular flexibility index (Phi) is 9.26. The Morgan fingerprint density at radius 1 is 0.974 bits per heavy atom. The van der Waals surface area contributed by atoms with E-state index in [-0.39, 0.29) is 11.8 Å². The SMILES string of the molecule is CCC.O=C(C1CCC(NCc2ccc3ccccc3c2)C1)N1CCN(c2cc(C(F)(F)F)ccn2)CC1. The summed E-state index contributed by atoms with van der Waals surface area (Å²) in [5.41, 5.74) is 0.534. The average molecular weight is 527 g/mol. The van der Waals surface area contributed by atoms with Crippen LogP contribution in [0, 0.1) is 5.92 Å². The largest absolute Gasteiger partial charge is 0.416 e. The molecule has 1 saturated carbocycles. The van der Waals surface area contributed by atoms with Crippen LogP contribution >= 0.6 is 0 Å². The number of alkyl halides is 3. The first-order chi connectivity index (χ1) is 18.3. The van der Waals surface area contributed by atoms with E-state index in [1.165, 1.54) is 29.0 Å². The average Bonchev–Trinajstić information content (AvgIpc) is 3.41. The number of pyridine rings is 1. The van der Waals surface area contributed by atoms with E-state index >= 15 is 0 Å². The monoisotopic (exact) mass is 526 g/mol. The van der Waals surface area contributed by atoms with E-state index in [9.17, 15) is 18.0 Å². The first-order valence-electron chi connectivity index (χ1n) is 13.6. The second-order valence-corrected chi connectivity index (χ2v) is 10.2. The van der Waals surface area contributed by atoms with Crippen molar-refractivity contribution < 1.29 is 18.0 Å². The topological polar surface area (TPSA) is 48.5 Å². The molecular weight excluding hydrogens is 489 g/mol. The number of halogens is 3. The van der Waals surface area contributed by atoms with Crippen LogP contribution in [0.3, 0.4) is 0 Å². The van der Waals surface area contributed by atoms with Gasteiger partial charge in [-0.15, -0.1) is 0 Å². The zero-order valence-corrected chi connectivity index (χ0v) is 22.2. The summed E-state index contributed by atoms with van der Waals surface area (Å²) >= 11 is 0. The van der Waals surface area contributed by atoms with Crippen LogP contribution in [0.25, 0.3) is 10.8 Å². The molecule has 5 nitrogen and oxygen atoms in total. The molecule has 3 aromatic rings. The van der Waals surface area contributed by atoms with Gasteiger partial charge in [-0.25, -0.2) is 4.98 Å². The lowest BCUT2D eigenvalue weighted by Crippen LogP contribution is -2.50. The fourth-order valence-electron chi connectivity index (χ4n) is 5.18. The summed E-state index contributed by atoms with van der Waals surface area (Å²) in [6.07, 6.45) is 0.708. The number of nitrogens with one attached hydrogen (secondary N) is 1. The third kappa shape index (κ3) is 7.04. The number of carbonyl (C=O) groups excluding carboxylic acids is 1. The predicted molar refractivity (Wildman–Crippen MR) is 146 cm³/mol. The third-order valence-corrected chi connectivity index (χ3v) is 7.18. The van der Waals surface area contributed by atoms with E-state index in [4.69, 9.17) is 0 Å². The van der Waals surface area contributed by atoms with Crippen molar-refractivity contribution in [3.05, 3.63) is 71.9 Å². The number of aromatic nitrogens is 1. The van der Waals surface area contributed by atoms with Crippen LogP contribution in [0.15, 0.2) is 60.8 Å². The Labute approximate surface area is 223 Å². The molecule has 1 N–H and O–H groups in total. The molecule has 204 valence electrons. The Morgan fingerprint density at radius 2 is 1.68 bits per heavy atom. The quantitative estimate of drug-likeness (QED) is 0.425. The van der Waals surface area contributed by atoms with Crippen LogP contribution in [0.4, 0.5) is 19.0 Å². The molecule has 0 radical (unpaired) electrons. The summed E-state index contributed by atoms with van der Waals surface area (Å²) in [7, 11) is 0.